The van der Waals surface area contributed by atoms with E-state index in [0.717, 1.165) is 18.6 Å². The van der Waals surface area contributed by atoms with Crippen molar-refractivity contribution in [1.29, 1.82) is 0 Å². The quantitative estimate of drug-likeness (QED) is 0.442. The standard InChI is InChI=1S/C13H18FNO4/c1-17-3-2-4-18-5-6-19-13(16)10-7-11(14)9-12(15)8-10/h7-9H,2-6,15H2,1H3. The Morgan fingerprint density at radius 3 is 2.68 bits per heavy atom. The average Bonchev–Trinajstić information content (AvgIpc) is 2.36. The van der Waals surface area contributed by atoms with Crippen LogP contribution in [0.1, 0.15) is 16.8 Å². The molecule has 0 aliphatic carbocycles. The van der Waals surface area contributed by atoms with Gasteiger partial charge in [-0.2, -0.15) is 0 Å². The van der Waals surface area contributed by atoms with Crippen LogP contribution in [0.5, 0.6) is 0 Å². The number of methoxy groups -OCH3 is 1. The highest BCUT2D eigenvalue weighted by Crippen LogP contribution is 2.11. The minimum atomic E-state index is -0.619. The summed E-state index contributed by atoms with van der Waals surface area (Å²) in [7, 11) is 1.62. The Balaban J connectivity index is 2.24. The van der Waals surface area contributed by atoms with Gasteiger partial charge in [-0.3, -0.25) is 0 Å². The van der Waals surface area contributed by atoms with E-state index in [4.69, 9.17) is 19.9 Å². The molecule has 1 aromatic carbocycles. The van der Waals surface area contributed by atoms with E-state index in [9.17, 15) is 9.18 Å². The maximum Gasteiger partial charge on any atom is 0.338 e. The minimum Gasteiger partial charge on any atom is -0.460 e. The third kappa shape index (κ3) is 6.17. The van der Waals surface area contributed by atoms with Crippen molar-refractivity contribution in [3.63, 3.8) is 0 Å². The van der Waals surface area contributed by atoms with Gasteiger partial charge in [0, 0.05) is 26.0 Å². The Morgan fingerprint density at radius 1 is 1.21 bits per heavy atom. The molecule has 5 nitrogen and oxygen atoms in total. The van der Waals surface area contributed by atoms with Gasteiger partial charge in [-0.25, -0.2) is 9.18 Å². The summed E-state index contributed by atoms with van der Waals surface area (Å²) in [4.78, 5) is 11.6. The molecule has 0 unspecified atom stereocenters. The molecule has 0 heterocycles. The van der Waals surface area contributed by atoms with Gasteiger partial charge in [0.1, 0.15) is 12.4 Å². The zero-order chi connectivity index (χ0) is 14.1. The predicted octanol–water partition coefficient (Wildman–Crippen LogP) is 1.62. The lowest BCUT2D eigenvalue weighted by atomic mass is 10.2. The first-order valence-electron chi connectivity index (χ1n) is 5.93. The number of anilines is 1. The van der Waals surface area contributed by atoms with E-state index in [1.54, 1.807) is 7.11 Å². The van der Waals surface area contributed by atoms with Crippen molar-refractivity contribution in [2.75, 3.05) is 39.3 Å². The lowest BCUT2D eigenvalue weighted by Gasteiger charge is -2.06. The average molecular weight is 271 g/mol. The van der Waals surface area contributed by atoms with Crippen molar-refractivity contribution in [3.8, 4) is 0 Å². The van der Waals surface area contributed by atoms with Crippen LogP contribution in [-0.4, -0.2) is 39.5 Å². The number of rotatable bonds is 8. The molecular formula is C13H18FNO4. The van der Waals surface area contributed by atoms with E-state index >= 15 is 0 Å². The van der Waals surface area contributed by atoms with Crippen LogP contribution in [0.15, 0.2) is 18.2 Å². The van der Waals surface area contributed by atoms with Gasteiger partial charge in [0.25, 0.3) is 0 Å². The van der Waals surface area contributed by atoms with Crippen LogP contribution in [0.25, 0.3) is 0 Å². The van der Waals surface area contributed by atoms with E-state index in [1.807, 2.05) is 0 Å². The van der Waals surface area contributed by atoms with E-state index in [0.29, 0.717) is 19.8 Å². The van der Waals surface area contributed by atoms with Gasteiger partial charge in [0.2, 0.25) is 0 Å². The molecule has 0 saturated carbocycles. The van der Waals surface area contributed by atoms with Crippen LogP contribution in [0.3, 0.4) is 0 Å². The molecule has 0 aromatic heterocycles. The van der Waals surface area contributed by atoms with Crippen LogP contribution in [0, 0.1) is 5.82 Å². The molecule has 0 atom stereocenters. The maximum atomic E-state index is 13.0. The molecule has 0 radical (unpaired) electrons. The number of esters is 1. The number of benzene rings is 1. The SMILES string of the molecule is COCCCOCCOC(=O)c1cc(N)cc(F)c1. The Bertz CT molecular complexity index is 391. The monoisotopic (exact) mass is 271 g/mol. The number of halogens is 1. The predicted molar refractivity (Wildman–Crippen MR) is 68.4 cm³/mol. The second-order valence-corrected chi connectivity index (χ2v) is 3.87. The second-order valence-electron chi connectivity index (χ2n) is 3.87. The first-order valence-corrected chi connectivity index (χ1v) is 5.93. The number of ether oxygens (including phenoxy) is 3. The minimum absolute atomic E-state index is 0.0943. The Hall–Kier alpha value is -1.66. The van der Waals surface area contributed by atoms with Crippen molar-refractivity contribution in [2.24, 2.45) is 0 Å². The van der Waals surface area contributed by atoms with E-state index in [-0.39, 0.29) is 17.9 Å². The summed E-state index contributed by atoms with van der Waals surface area (Å²) in [5.41, 5.74) is 5.71. The number of hydrogen-bond donors (Lipinski definition) is 1. The molecule has 19 heavy (non-hydrogen) atoms. The number of carbonyl (C=O) groups excluding carboxylic acids is 1. The lowest BCUT2D eigenvalue weighted by molar-refractivity contribution is 0.0288. The normalized spacial score (nSPS) is 10.4. The molecule has 6 heteroatoms. The van der Waals surface area contributed by atoms with Crippen molar-refractivity contribution >= 4 is 11.7 Å². The molecule has 0 aliphatic rings. The topological polar surface area (TPSA) is 70.8 Å². The number of nitrogens with two attached hydrogens (primary N) is 1. The molecule has 0 aliphatic heterocycles. The summed E-state index contributed by atoms with van der Waals surface area (Å²) >= 11 is 0. The summed E-state index contributed by atoms with van der Waals surface area (Å²) in [5, 5.41) is 0. The van der Waals surface area contributed by atoms with Crippen LogP contribution in [0.2, 0.25) is 0 Å². The second kappa shape index (κ2) is 8.44. The Labute approximate surface area is 111 Å². The summed E-state index contributed by atoms with van der Waals surface area (Å²) in [5.74, 6) is -1.19. The summed E-state index contributed by atoms with van der Waals surface area (Å²) in [6.07, 6.45) is 0.783. The highest BCUT2D eigenvalue weighted by atomic mass is 19.1. The lowest BCUT2D eigenvalue weighted by Crippen LogP contribution is -2.12. The zero-order valence-corrected chi connectivity index (χ0v) is 10.9. The first kappa shape index (κ1) is 15.4. The van der Waals surface area contributed by atoms with E-state index in [1.165, 1.54) is 6.07 Å². The van der Waals surface area contributed by atoms with Gasteiger partial charge in [-0.1, -0.05) is 0 Å². The van der Waals surface area contributed by atoms with Gasteiger partial charge in [-0.05, 0) is 24.6 Å². The number of carbonyl (C=O) groups is 1. The fraction of sp³-hybridized carbons (Fsp3) is 0.462. The summed E-state index contributed by atoms with van der Waals surface area (Å²) < 4.78 is 28.0. The van der Waals surface area contributed by atoms with Crippen LogP contribution in [-0.2, 0) is 14.2 Å². The zero-order valence-electron chi connectivity index (χ0n) is 10.9. The van der Waals surface area contributed by atoms with Crippen molar-refractivity contribution < 1.29 is 23.4 Å². The maximum absolute atomic E-state index is 13.0. The van der Waals surface area contributed by atoms with Gasteiger partial charge in [-0.15, -0.1) is 0 Å². The van der Waals surface area contributed by atoms with Gasteiger partial charge >= 0.3 is 5.97 Å². The number of hydrogen-bond acceptors (Lipinski definition) is 5. The molecular weight excluding hydrogens is 253 g/mol. The fourth-order valence-electron chi connectivity index (χ4n) is 1.41. The molecule has 2 N–H and O–H groups in total. The molecule has 1 rings (SSSR count). The first-order chi connectivity index (χ1) is 9.13. The van der Waals surface area contributed by atoms with Crippen LogP contribution < -0.4 is 5.73 Å². The molecule has 0 bridgehead atoms. The van der Waals surface area contributed by atoms with Gasteiger partial charge in [0.15, 0.2) is 0 Å². The largest absolute Gasteiger partial charge is 0.460 e. The Kier molecular flexibility index (Phi) is 6.84. The summed E-state index contributed by atoms with van der Waals surface area (Å²) in [6.45, 7) is 1.57. The highest BCUT2D eigenvalue weighted by molar-refractivity contribution is 5.90. The van der Waals surface area contributed by atoms with Gasteiger partial charge in [0.05, 0.1) is 12.2 Å². The van der Waals surface area contributed by atoms with Crippen molar-refractivity contribution in [3.05, 3.63) is 29.6 Å². The highest BCUT2D eigenvalue weighted by Gasteiger charge is 2.09. The molecule has 1 aromatic rings. The molecule has 106 valence electrons. The third-order valence-corrected chi connectivity index (χ3v) is 2.25. The molecule has 0 fully saturated rings. The van der Waals surface area contributed by atoms with Crippen molar-refractivity contribution in [1.82, 2.24) is 0 Å². The van der Waals surface area contributed by atoms with E-state index < -0.39 is 11.8 Å². The Morgan fingerprint density at radius 2 is 2.00 bits per heavy atom. The molecule has 0 spiro atoms. The smallest absolute Gasteiger partial charge is 0.338 e. The molecule has 0 amide bonds. The van der Waals surface area contributed by atoms with Crippen LogP contribution >= 0.6 is 0 Å². The number of nitrogen functional groups attached to an aromatic ring is 1. The fourth-order valence-corrected chi connectivity index (χ4v) is 1.41. The molecule has 0 saturated heterocycles. The van der Waals surface area contributed by atoms with E-state index in [2.05, 4.69) is 0 Å². The van der Waals surface area contributed by atoms with Gasteiger partial charge < -0.3 is 19.9 Å². The van der Waals surface area contributed by atoms with Crippen LogP contribution in [0.4, 0.5) is 10.1 Å². The third-order valence-electron chi connectivity index (χ3n) is 2.25. The summed E-state index contributed by atoms with van der Waals surface area (Å²) in [6, 6.07) is 3.58. The van der Waals surface area contributed by atoms with Crippen molar-refractivity contribution in [2.45, 2.75) is 6.42 Å².